The highest BCUT2D eigenvalue weighted by atomic mass is 16.3. The molecule has 0 aliphatic heterocycles. The molecule has 0 saturated carbocycles. The summed E-state index contributed by atoms with van der Waals surface area (Å²) in [5.74, 6) is 0. The van der Waals surface area contributed by atoms with E-state index in [0.29, 0.717) is 0 Å². The summed E-state index contributed by atoms with van der Waals surface area (Å²) in [5, 5.41) is 9.18. The van der Waals surface area contributed by atoms with Gasteiger partial charge in [0.25, 0.3) is 0 Å². The molecule has 0 radical (unpaired) electrons. The van der Waals surface area contributed by atoms with Gasteiger partial charge in [0.05, 0.1) is 6.61 Å². The Morgan fingerprint density at radius 3 is 2.67 bits per heavy atom. The van der Waals surface area contributed by atoms with Gasteiger partial charge in [0.15, 0.2) is 0 Å². The molecule has 0 atom stereocenters. The second-order valence-electron chi connectivity index (χ2n) is 4.20. The van der Waals surface area contributed by atoms with E-state index in [4.69, 9.17) is 0 Å². The Bertz CT molecular complexity index is 485. The van der Waals surface area contributed by atoms with E-state index < -0.39 is 0 Å². The fraction of sp³-hybridized carbons (Fsp3) is 0.267. The van der Waals surface area contributed by atoms with Crippen molar-refractivity contribution in [2.24, 2.45) is 0 Å². The van der Waals surface area contributed by atoms with E-state index in [1.165, 1.54) is 5.56 Å². The number of anilines is 1. The van der Waals surface area contributed by atoms with Crippen molar-refractivity contribution in [1.82, 2.24) is 4.98 Å². The molecule has 0 bridgehead atoms. The first-order valence-electron chi connectivity index (χ1n) is 6.17. The fourth-order valence-corrected chi connectivity index (χ4v) is 1.95. The van der Waals surface area contributed by atoms with Gasteiger partial charge in [-0.25, -0.2) is 0 Å². The standard InChI is InChI=1S/C15H18N2O/c1-2-17(11-14-6-4-8-16-10-14)15-7-3-5-13(9-15)12-18/h3-10,18H,2,11-12H2,1H3. The molecule has 1 heterocycles. The van der Waals surface area contributed by atoms with Gasteiger partial charge < -0.3 is 10.0 Å². The van der Waals surface area contributed by atoms with Crippen molar-refractivity contribution < 1.29 is 5.11 Å². The van der Waals surface area contributed by atoms with Crippen LogP contribution in [0, 0.1) is 0 Å². The number of pyridine rings is 1. The summed E-state index contributed by atoms with van der Waals surface area (Å²) in [4.78, 5) is 6.39. The maximum absolute atomic E-state index is 9.18. The molecule has 1 N–H and O–H groups in total. The Labute approximate surface area is 108 Å². The van der Waals surface area contributed by atoms with Crippen LogP contribution in [0.3, 0.4) is 0 Å². The molecular formula is C15H18N2O. The summed E-state index contributed by atoms with van der Waals surface area (Å²) in [6, 6.07) is 12.0. The third kappa shape index (κ3) is 3.08. The van der Waals surface area contributed by atoms with Crippen LogP contribution >= 0.6 is 0 Å². The zero-order valence-electron chi connectivity index (χ0n) is 10.6. The van der Waals surface area contributed by atoms with Crippen LogP contribution in [0.4, 0.5) is 5.69 Å². The van der Waals surface area contributed by atoms with Crippen LogP contribution < -0.4 is 4.90 Å². The predicted molar refractivity (Wildman–Crippen MR) is 73.3 cm³/mol. The molecule has 18 heavy (non-hydrogen) atoms. The van der Waals surface area contributed by atoms with Gasteiger partial charge in [0.2, 0.25) is 0 Å². The maximum atomic E-state index is 9.18. The quantitative estimate of drug-likeness (QED) is 0.875. The molecule has 0 unspecified atom stereocenters. The first-order chi connectivity index (χ1) is 8.83. The molecule has 0 saturated heterocycles. The monoisotopic (exact) mass is 242 g/mol. The first-order valence-corrected chi connectivity index (χ1v) is 6.17. The predicted octanol–water partition coefficient (Wildman–Crippen LogP) is 2.60. The van der Waals surface area contributed by atoms with Crippen molar-refractivity contribution in [3.8, 4) is 0 Å². The Balaban J connectivity index is 2.17. The summed E-state index contributed by atoms with van der Waals surface area (Å²) in [6.45, 7) is 3.96. The van der Waals surface area contributed by atoms with Crippen molar-refractivity contribution in [3.63, 3.8) is 0 Å². The van der Waals surface area contributed by atoms with E-state index in [9.17, 15) is 5.11 Å². The number of hydrogen-bond acceptors (Lipinski definition) is 3. The first kappa shape index (κ1) is 12.6. The van der Waals surface area contributed by atoms with E-state index in [1.807, 2.05) is 30.5 Å². The highest BCUT2D eigenvalue weighted by molar-refractivity contribution is 5.48. The largest absolute Gasteiger partial charge is 0.392 e. The lowest BCUT2D eigenvalue weighted by atomic mass is 10.2. The highest BCUT2D eigenvalue weighted by Gasteiger charge is 2.05. The summed E-state index contributed by atoms with van der Waals surface area (Å²) in [6.07, 6.45) is 3.67. The molecule has 0 amide bonds. The van der Waals surface area contributed by atoms with E-state index in [2.05, 4.69) is 28.9 Å². The van der Waals surface area contributed by atoms with Crippen LogP contribution in [0.5, 0.6) is 0 Å². The number of aliphatic hydroxyl groups excluding tert-OH is 1. The molecule has 3 nitrogen and oxygen atoms in total. The molecule has 0 spiro atoms. The summed E-state index contributed by atoms with van der Waals surface area (Å²) in [7, 11) is 0. The van der Waals surface area contributed by atoms with Gasteiger partial charge in [-0.05, 0) is 36.2 Å². The van der Waals surface area contributed by atoms with E-state index >= 15 is 0 Å². The molecule has 3 heteroatoms. The number of rotatable bonds is 5. The minimum Gasteiger partial charge on any atom is -0.392 e. The van der Waals surface area contributed by atoms with E-state index in [1.54, 1.807) is 6.20 Å². The van der Waals surface area contributed by atoms with Gasteiger partial charge in [0.1, 0.15) is 0 Å². The third-order valence-corrected chi connectivity index (χ3v) is 2.94. The third-order valence-electron chi connectivity index (χ3n) is 2.94. The number of nitrogens with zero attached hydrogens (tertiary/aromatic N) is 2. The average molecular weight is 242 g/mol. The van der Waals surface area contributed by atoms with Gasteiger partial charge in [-0.3, -0.25) is 4.98 Å². The van der Waals surface area contributed by atoms with Crippen molar-refractivity contribution in [3.05, 3.63) is 59.9 Å². The second kappa shape index (κ2) is 6.17. The van der Waals surface area contributed by atoms with Gasteiger partial charge >= 0.3 is 0 Å². The lowest BCUT2D eigenvalue weighted by Gasteiger charge is -2.23. The summed E-state index contributed by atoms with van der Waals surface area (Å²) >= 11 is 0. The Hall–Kier alpha value is -1.87. The van der Waals surface area contributed by atoms with Crippen molar-refractivity contribution >= 4 is 5.69 Å². The second-order valence-corrected chi connectivity index (χ2v) is 4.20. The van der Waals surface area contributed by atoms with Crippen molar-refractivity contribution in [2.75, 3.05) is 11.4 Å². The van der Waals surface area contributed by atoms with E-state index in [-0.39, 0.29) is 6.61 Å². The van der Waals surface area contributed by atoms with Gasteiger partial charge in [-0.1, -0.05) is 18.2 Å². The van der Waals surface area contributed by atoms with Crippen LogP contribution in [0.15, 0.2) is 48.8 Å². The van der Waals surface area contributed by atoms with Crippen LogP contribution in [-0.2, 0) is 13.2 Å². The van der Waals surface area contributed by atoms with Gasteiger partial charge in [0, 0.05) is 31.2 Å². The topological polar surface area (TPSA) is 36.4 Å². The smallest absolute Gasteiger partial charge is 0.0682 e. The number of aliphatic hydroxyl groups is 1. The number of hydrogen-bond donors (Lipinski definition) is 1. The van der Waals surface area contributed by atoms with E-state index in [0.717, 1.165) is 24.3 Å². The molecule has 0 aliphatic carbocycles. The maximum Gasteiger partial charge on any atom is 0.0682 e. The molecular weight excluding hydrogens is 224 g/mol. The van der Waals surface area contributed by atoms with Gasteiger partial charge in [-0.2, -0.15) is 0 Å². The lowest BCUT2D eigenvalue weighted by molar-refractivity contribution is 0.282. The molecule has 0 aliphatic rings. The molecule has 2 rings (SSSR count). The van der Waals surface area contributed by atoms with Crippen LogP contribution in [0.1, 0.15) is 18.1 Å². The SMILES string of the molecule is CCN(Cc1cccnc1)c1cccc(CO)c1. The number of aromatic nitrogens is 1. The Morgan fingerprint density at radius 2 is 2.00 bits per heavy atom. The highest BCUT2D eigenvalue weighted by Crippen LogP contribution is 2.18. The van der Waals surface area contributed by atoms with Crippen molar-refractivity contribution in [2.45, 2.75) is 20.1 Å². The molecule has 94 valence electrons. The van der Waals surface area contributed by atoms with Crippen LogP contribution in [0.25, 0.3) is 0 Å². The normalized spacial score (nSPS) is 10.3. The zero-order chi connectivity index (χ0) is 12.8. The average Bonchev–Trinajstić information content (AvgIpc) is 2.46. The summed E-state index contributed by atoms with van der Waals surface area (Å²) < 4.78 is 0. The minimum atomic E-state index is 0.0816. The Morgan fingerprint density at radius 1 is 1.17 bits per heavy atom. The molecule has 1 aromatic carbocycles. The zero-order valence-corrected chi connectivity index (χ0v) is 10.6. The Kier molecular flexibility index (Phi) is 4.31. The summed E-state index contributed by atoms with van der Waals surface area (Å²) in [5.41, 5.74) is 3.26. The number of benzene rings is 1. The lowest BCUT2D eigenvalue weighted by Crippen LogP contribution is -2.22. The molecule has 2 aromatic rings. The van der Waals surface area contributed by atoms with Crippen LogP contribution in [-0.4, -0.2) is 16.6 Å². The van der Waals surface area contributed by atoms with Crippen LogP contribution in [0.2, 0.25) is 0 Å². The molecule has 0 fully saturated rings. The van der Waals surface area contributed by atoms with Gasteiger partial charge in [-0.15, -0.1) is 0 Å². The van der Waals surface area contributed by atoms with Crippen molar-refractivity contribution in [1.29, 1.82) is 0 Å². The molecule has 1 aromatic heterocycles. The fourth-order valence-electron chi connectivity index (χ4n) is 1.95. The minimum absolute atomic E-state index is 0.0816.